The van der Waals surface area contributed by atoms with Crippen molar-refractivity contribution >= 4 is 28.4 Å². The third-order valence-corrected chi connectivity index (χ3v) is 4.03. The number of anilines is 1. The molecule has 4 heteroatoms. The highest BCUT2D eigenvalue weighted by atomic mass is 35.5. The molecule has 2 aromatic carbocycles. The number of aromatic nitrogens is 1. The molecule has 0 unspecified atom stereocenters. The van der Waals surface area contributed by atoms with Crippen molar-refractivity contribution < 1.29 is 4.42 Å². The van der Waals surface area contributed by atoms with E-state index in [1.807, 2.05) is 43.3 Å². The maximum Gasteiger partial charge on any atom is 0.205 e. The summed E-state index contributed by atoms with van der Waals surface area (Å²) in [4.78, 5) is 4.62. The summed E-state index contributed by atoms with van der Waals surface area (Å²) >= 11 is 6.09. The standard InChI is InChI=1S/C17H17ClN2O/c1-10-8-12(18)9-14-15(10)21-16(20-14)17(2,3)11-4-6-13(19)7-5-11/h4-9H,19H2,1-3H3. The van der Waals surface area contributed by atoms with Crippen LogP contribution in [0.5, 0.6) is 0 Å². The highest BCUT2D eigenvalue weighted by molar-refractivity contribution is 6.31. The van der Waals surface area contributed by atoms with Crippen LogP contribution in [0.1, 0.15) is 30.9 Å². The lowest BCUT2D eigenvalue weighted by molar-refractivity contribution is 0.433. The Hall–Kier alpha value is -2.00. The second kappa shape index (κ2) is 4.78. The number of nitrogens with two attached hydrogens (primary N) is 1. The van der Waals surface area contributed by atoms with Gasteiger partial charge in [-0.3, -0.25) is 0 Å². The van der Waals surface area contributed by atoms with Crippen molar-refractivity contribution in [1.82, 2.24) is 4.98 Å². The minimum Gasteiger partial charge on any atom is -0.439 e. The number of hydrogen-bond donors (Lipinski definition) is 1. The van der Waals surface area contributed by atoms with Crippen molar-refractivity contribution in [3.63, 3.8) is 0 Å². The molecule has 3 nitrogen and oxygen atoms in total. The number of nitrogen functional groups attached to an aromatic ring is 1. The van der Waals surface area contributed by atoms with Crippen LogP contribution in [0.2, 0.25) is 5.02 Å². The van der Waals surface area contributed by atoms with Crippen molar-refractivity contribution in [2.75, 3.05) is 5.73 Å². The molecule has 0 aliphatic heterocycles. The summed E-state index contributed by atoms with van der Waals surface area (Å²) < 4.78 is 6.00. The van der Waals surface area contributed by atoms with Crippen molar-refractivity contribution in [1.29, 1.82) is 0 Å². The molecule has 3 aromatic rings. The molecule has 0 fully saturated rings. The zero-order valence-corrected chi connectivity index (χ0v) is 13.0. The van der Waals surface area contributed by atoms with Gasteiger partial charge >= 0.3 is 0 Å². The van der Waals surface area contributed by atoms with Crippen LogP contribution in [0, 0.1) is 6.92 Å². The van der Waals surface area contributed by atoms with E-state index in [1.165, 1.54) is 0 Å². The summed E-state index contributed by atoms with van der Waals surface area (Å²) in [6.07, 6.45) is 0. The van der Waals surface area contributed by atoms with Gasteiger partial charge in [0.15, 0.2) is 5.58 Å². The molecule has 3 rings (SSSR count). The van der Waals surface area contributed by atoms with Crippen LogP contribution in [-0.4, -0.2) is 4.98 Å². The minimum atomic E-state index is -0.342. The summed E-state index contributed by atoms with van der Waals surface area (Å²) in [7, 11) is 0. The van der Waals surface area contributed by atoms with Crippen molar-refractivity contribution in [3.05, 3.63) is 58.4 Å². The largest absolute Gasteiger partial charge is 0.439 e. The zero-order valence-electron chi connectivity index (χ0n) is 12.3. The van der Waals surface area contributed by atoms with Gasteiger partial charge in [-0.2, -0.15) is 0 Å². The molecule has 0 saturated carbocycles. The molecule has 0 radical (unpaired) electrons. The van der Waals surface area contributed by atoms with Gasteiger partial charge in [-0.1, -0.05) is 23.7 Å². The molecule has 0 atom stereocenters. The van der Waals surface area contributed by atoms with Gasteiger partial charge in [0.25, 0.3) is 0 Å². The Balaban J connectivity index is 2.14. The molecule has 0 spiro atoms. The van der Waals surface area contributed by atoms with Gasteiger partial charge in [0.2, 0.25) is 5.89 Å². The number of hydrogen-bond acceptors (Lipinski definition) is 3. The molecule has 108 valence electrons. The lowest BCUT2D eigenvalue weighted by Gasteiger charge is -2.21. The van der Waals surface area contributed by atoms with E-state index in [0.717, 1.165) is 27.9 Å². The van der Waals surface area contributed by atoms with E-state index in [1.54, 1.807) is 0 Å². The van der Waals surface area contributed by atoms with E-state index in [4.69, 9.17) is 21.8 Å². The van der Waals surface area contributed by atoms with Crippen molar-refractivity contribution in [3.8, 4) is 0 Å². The van der Waals surface area contributed by atoms with E-state index < -0.39 is 0 Å². The van der Waals surface area contributed by atoms with Crippen LogP contribution in [0.4, 0.5) is 5.69 Å². The average Bonchev–Trinajstić information content (AvgIpc) is 2.84. The minimum absolute atomic E-state index is 0.342. The predicted octanol–water partition coefficient (Wildman–Crippen LogP) is 4.70. The summed E-state index contributed by atoms with van der Waals surface area (Å²) in [5, 5.41) is 0.671. The molecule has 0 saturated heterocycles. The highest BCUT2D eigenvalue weighted by Gasteiger charge is 2.29. The number of aryl methyl sites for hydroxylation is 1. The average molecular weight is 301 g/mol. The van der Waals surface area contributed by atoms with Crippen LogP contribution in [0.15, 0.2) is 40.8 Å². The van der Waals surface area contributed by atoms with Crippen LogP contribution < -0.4 is 5.73 Å². The fourth-order valence-electron chi connectivity index (χ4n) is 2.45. The summed E-state index contributed by atoms with van der Waals surface area (Å²) in [5.41, 5.74) is 9.83. The Morgan fingerprint density at radius 3 is 2.48 bits per heavy atom. The SMILES string of the molecule is Cc1cc(Cl)cc2nc(C(C)(C)c3ccc(N)cc3)oc12. The van der Waals surface area contributed by atoms with E-state index in [2.05, 4.69) is 18.8 Å². The van der Waals surface area contributed by atoms with Crippen molar-refractivity contribution in [2.24, 2.45) is 0 Å². The summed E-state index contributed by atoms with van der Waals surface area (Å²) in [5.74, 6) is 0.674. The monoisotopic (exact) mass is 300 g/mol. The van der Waals surface area contributed by atoms with Gasteiger partial charge < -0.3 is 10.2 Å². The quantitative estimate of drug-likeness (QED) is 0.698. The smallest absolute Gasteiger partial charge is 0.205 e. The molecular formula is C17H17ClN2O. The second-order valence-corrected chi connectivity index (χ2v) is 6.27. The van der Waals surface area contributed by atoms with Gasteiger partial charge in [0.1, 0.15) is 5.52 Å². The first-order valence-corrected chi connectivity index (χ1v) is 7.19. The molecule has 0 aliphatic carbocycles. The molecule has 0 aliphatic rings. The lowest BCUT2D eigenvalue weighted by Crippen LogP contribution is -2.19. The zero-order chi connectivity index (χ0) is 15.2. The van der Waals surface area contributed by atoms with E-state index >= 15 is 0 Å². The first-order valence-electron chi connectivity index (χ1n) is 6.81. The fourth-order valence-corrected chi connectivity index (χ4v) is 2.71. The third kappa shape index (κ3) is 2.38. The molecule has 1 heterocycles. The first kappa shape index (κ1) is 14.0. The Morgan fingerprint density at radius 2 is 1.81 bits per heavy atom. The van der Waals surface area contributed by atoms with Gasteiger partial charge in [-0.25, -0.2) is 4.98 Å². The van der Waals surface area contributed by atoms with Gasteiger partial charge in [-0.05, 0) is 56.2 Å². The summed E-state index contributed by atoms with van der Waals surface area (Å²) in [6.45, 7) is 6.14. The maximum atomic E-state index is 6.09. The number of benzene rings is 2. The molecule has 0 bridgehead atoms. The number of fused-ring (bicyclic) bond motifs is 1. The highest BCUT2D eigenvalue weighted by Crippen LogP contribution is 2.34. The molecule has 21 heavy (non-hydrogen) atoms. The molecular weight excluding hydrogens is 284 g/mol. The van der Waals surface area contributed by atoms with Gasteiger partial charge in [0, 0.05) is 10.7 Å². The number of nitrogens with zero attached hydrogens (tertiary/aromatic N) is 1. The molecule has 2 N–H and O–H groups in total. The van der Waals surface area contributed by atoms with Crippen LogP contribution >= 0.6 is 11.6 Å². The number of halogens is 1. The first-order chi connectivity index (χ1) is 9.88. The van der Waals surface area contributed by atoms with E-state index in [0.29, 0.717) is 10.9 Å². The summed E-state index contributed by atoms with van der Waals surface area (Å²) in [6, 6.07) is 11.5. The fraction of sp³-hybridized carbons (Fsp3) is 0.235. The predicted molar refractivity (Wildman–Crippen MR) is 86.7 cm³/mol. The normalized spacial score (nSPS) is 12.0. The Morgan fingerprint density at radius 1 is 1.14 bits per heavy atom. The molecule has 0 amide bonds. The van der Waals surface area contributed by atoms with E-state index in [-0.39, 0.29) is 5.41 Å². The van der Waals surface area contributed by atoms with Crippen LogP contribution in [0.25, 0.3) is 11.1 Å². The van der Waals surface area contributed by atoms with Crippen LogP contribution in [-0.2, 0) is 5.41 Å². The van der Waals surface area contributed by atoms with Crippen LogP contribution in [0.3, 0.4) is 0 Å². The second-order valence-electron chi connectivity index (χ2n) is 5.84. The Labute approximate surface area is 128 Å². The van der Waals surface area contributed by atoms with Gasteiger partial charge in [-0.15, -0.1) is 0 Å². The topological polar surface area (TPSA) is 52.0 Å². The number of oxazole rings is 1. The lowest BCUT2D eigenvalue weighted by atomic mass is 9.84. The van der Waals surface area contributed by atoms with Crippen molar-refractivity contribution in [2.45, 2.75) is 26.2 Å². The van der Waals surface area contributed by atoms with Gasteiger partial charge in [0.05, 0.1) is 5.41 Å². The Bertz CT molecular complexity index is 804. The van der Waals surface area contributed by atoms with E-state index in [9.17, 15) is 0 Å². The molecule has 1 aromatic heterocycles. The maximum absolute atomic E-state index is 6.09. The number of rotatable bonds is 2. The Kier molecular flexibility index (Phi) is 3.18. The third-order valence-electron chi connectivity index (χ3n) is 3.81.